The van der Waals surface area contributed by atoms with Crippen LogP contribution in [0.2, 0.25) is 0 Å². The minimum Gasteiger partial charge on any atom is -0.490 e. The lowest BCUT2D eigenvalue weighted by atomic mass is 10.1. The van der Waals surface area contributed by atoms with Crippen LogP contribution < -0.4 is 15.2 Å². The minimum atomic E-state index is -3.92. The normalized spacial score (nSPS) is 13.1. The molecule has 0 unspecified atom stereocenters. The van der Waals surface area contributed by atoms with Crippen LogP contribution in [-0.4, -0.2) is 38.5 Å². The number of nitrogens with two attached hydrogens (primary N) is 1. The number of benzene rings is 2. The molecule has 0 bridgehead atoms. The number of hydrogen-bond donors (Lipinski definition) is 2. The fraction of sp³-hybridized carbons (Fsp3) is 0.389. The SMILES string of the molecule is CSCC[C@H](NS(=O)(=O)c1ccc(OC(C)C)c2ccccc12)C(N)=O. The summed E-state index contributed by atoms with van der Waals surface area (Å²) in [5.41, 5.74) is 5.36. The zero-order chi connectivity index (χ0) is 19.3. The first-order chi connectivity index (χ1) is 12.3. The van der Waals surface area contributed by atoms with Gasteiger partial charge in [0.15, 0.2) is 0 Å². The molecule has 26 heavy (non-hydrogen) atoms. The summed E-state index contributed by atoms with van der Waals surface area (Å²) in [6.45, 7) is 3.81. The van der Waals surface area contributed by atoms with Crippen molar-refractivity contribution in [3.05, 3.63) is 36.4 Å². The minimum absolute atomic E-state index is 0.0372. The van der Waals surface area contributed by atoms with Gasteiger partial charge in [0, 0.05) is 10.8 Å². The van der Waals surface area contributed by atoms with Crippen molar-refractivity contribution < 1.29 is 17.9 Å². The standard InChI is InChI=1S/C18H24N2O4S2/c1-12(2)24-16-8-9-17(14-7-5-4-6-13(14)16)26(22,23)20-15(18(19)21)10-11-25-3/h4-9,12,15,20H,10-11H2,1-3H3,(H2,19,21)/t15-/m0/s1. The highest BCUT2D eigenvalue weighted by Crippen LogP contribution is 2.31. The third-order valence-corrected chi connectivity index (χ3v) is 5.92. The number of nitrogens with one attached hydrogen (secondary N) is 1. The maximum absolute atomic E-state index is 12.9. The van der Waals surface area contributed by atoms with Crippen LogP contribution in [0.1, 0.15) is 20.3 Å². The van der Waals surface area contributed by atoms with E-state index in [-0.39, 0.29) is 11.0 Å². The number of hydrogen-bond acceptors (Lipinski definition) is 5. The Morgan fingerprint density at radius 3 is 2.42 bits per heavy atom. The smallest absolute Gasteiger partial charge is 0.241 e. The van der Waals surface area contributed by atoms with Crippen LogP contribution in [0.3, 0.4) is 0 Å². The van der Waals surface area contributed by atoms with E-state index in [2.05, 4.69) is 4.72 Å². The number of primary amides is 1. The Bertz CT molecular complexity index is 882. The molecule has 0 spiro atoms. The van der Waals surface area contributed by atoms with E-state index in [9.17, 15) is 13.2 Å². The fourth-order valence-electron chi connectivity index (χ4n) is 2.58. The summed E-state index contributed by atoms with van der Waals surface area (Å²) in [6, 6.07) is 9.30. The lowest BCUT2D eigenvalue weighted by Gasteiger charge is -2.18. The Morgan fingerprint density at radius 2 is 1.85 bits per heavy atom. The van der Waals surface area contributed by atoms with Crippen LogP contribution in [-0.2, 0) is 14.8 Å². The van der Waals surface area contributed by atoms with Crippen molar-refractivity contribution in [2.45, 2.75) is 37.3 Å². The molecule has 1 atom stereocenters. The molecule has 0 aliphatic rings. The van der Waals surface area contributed by atoms with Gasteiger partial charge in [-0.1, -0.05) is 24.3 Å². The number of carbonyl (C=O) groups excluding carboxylic acids is 1. The van der Waals surface area contributed by atoms with Gasteiger partial charge in [-0.05, 0) is 44.4 Å². The summed E-state index contributed by atoms with van der Waals surface area (Å²) >= 11 is 1.52. The van der Waals surface area contributed by atoms with Crippen LogP contribution in [0.15, 0.2) is 41.3 Å². The largest absolute Gasteiger partial charge is 0.490 e. The third kappa shape index (κ3) is 4.90. The molecule has 2 aromatic rings. The third-order valence-electron chi connectivity index (χ3n) is 3.75. The highest BCUT2D eigenvalue weighted by Gasteiger charge is 2.25. The summed E-state index contributed by atoms with van der Waals surface area (Å²) in [5, 5.41) is 1.23. The van der Waals surface area contributed by atoms with Crippen LogP contribution in [0.5, 0.6) is 5.75 Å². The van der Waals surface area contributed by atoms with Gasteiger partial charge in [0.1, 0.15) is 11.8 Å². The molecule has 0 radical (unpaired) electrons. The van der Waals surface area contributed by atoms with Crippen molar-refractivity contribution in [1.82, 2.24) is 4.72 Å². The van der Waals surface area contributed by atoms with Gasteiger partial charge in [-0.3, -0.25) is 4.79 Å². The first-order valence-corrected chi connectivity index (χ1v) is 11.1. The summed E-state index contributed by atoms with van der Waals surface area (Å²) in [7, 11) is -3.92. The van der Waals surface area contributed by atoms with E-state index in [4.69, 9.17) is 10.5 Å². The van der Waals surface area contributed by atoms with E-state index < -0.39 is 22.0 Å². The van der Waals surface area contributed by atoms with E-state index in [0.29, 0.717) is 28.7 Å². The number of sulfonamides is 1. The van der Waals surface area contributed by atoms with E-state index in [1.807, 2.05) is 32.2 Å². The highest BCUT2D eigenvalue weighted by molar-refractivity contribution is 7.98. The number of rotatable bonds is 9. The summed E-state index contributed by atoms with van der Waals surface area (Å²) in [5.74, 6) is 0.549. The van der Waals surface area contributed by atoms with Crippen molar-refractivity contribution in [3.63, 3.8) is 0 Å². The lowest BCUT2D eigenvalue weighted by Crippen LogP contribution is -2.44. The Balaban J connectivity index is 2.46. The maximum atomic E-state index is 12.9. The lowest BCUT2D eigenvalue weighted by molar-refractivity contribution is -0.119. The molecule has 1 amide bonds. The van der Waals surface area contributed by atoms with Crippen LogP contribution in [0, 0.1) is 0 Å². The number of carbonyl (C=O) groups is 1. The molecule has 2 rings (SSSR count). The molecule has 8 heteroatoms. The van der Waals surface area contributed by atoms with Crippen molar-refractivity contribution in [1.29, 1.82) is 0 Å². The second kappa shape index (κ2) is 8.75. The molecule has 142 valence electrons. The molecule has 3 N–H and O–H groups in total. The van der Waals surface area contributed by atoms with Crippen molar-refractivity contribution >= 4 is 38.5 Å². The van der Waals surface area contributed by atoms with Gasteiger partial charge in [0.05, 0.1) is 11.0 Å². The molecule has 2 aromatic carbocycles. The fourth-order valence-corrected chi connectivity index (χ4v) is 4.50. The first kappa shape index (κ1) is 20.5. The molecule has 6 nitrogen and oxygen atoms in total. The molecule has 0 aromatic heterocycles. The number of ether oxygens (including phenoxy) is 1. The van der Waals surface area contributed by atoms with Gasteiger partial charge in [-0.25, -0.2) is 8.42 Å². The number of amides is 1. The molecular weight excluding hydrogens is 372 g/mol. The van der Waals surface area contributed by atoms with Crippen molar-refractivity contribution in [2.24, 2.45) is 5.73 Å². The van der Waals surface area contributed by atoms with E-state index in [1.54, 1.807) is 18.2 Å². The average Bonchev–Trinajstić information content (AvgIpc) is 2.58. The number of thioether (sulfide) groups is 1. The van der Waals surface area contributed by atoms with Gasteiger partial charge in [0.2, 0.25) is 15.9 Å². The van der Waals surface area contributed by atoms with Gasteiger partial charge in [-0.15, -0.1) is 0 Å². The highest BCUT2D eigenvalue weighted by atomic mass is 32.2. The van der Waals surface area contributed by atoms with Crippen molar-refractivity contribution in [3.8, 4) is 5.75 Å². The van der Waals surface area contributed by atoms with Crippen LogP contribution >= 0.6 is 11.8 Å². The monoisotopic (exact) mass is 396 g/mol. The molecule has 0 heterocycles. The second-order valence-corrected chi connectivity index (χ2v) is 8.80. The topological polar surface area (TPSA) is 98.5 Å². The Labute approximate surface area is 158 Å². The predicted molar refractivity (Wildman–Crippen MR) is 106 cm³/mol. The van der Waals surface area contributed by atoms with E-state index in [1.165, 1.54) is 17.8 Å². The summed E-state index contributed by atoms with van der Waals surface area (Å²) < 4.78 is 34.0. The summed E-state index contributed by atoms with van der Waals surface area (Å²) in [6.07, 6.45) is 2.18. The molecular formula is C18H24N2O4S2. The van der Waals surface area contributed by atoms with Gasteiger partial charge >= 0.3 is 0 Å². The van der Waals surface area contributed by atoms with Crippen molar-refractivity contribution in [2.75, 3.05) is 12.0 Å². The van der Waals surface area contributed by atoms with Gasteiger partial charge in [-0.2, -0.15) is 16.5 Å². The zero-order valence-corrected chi connectivity index (χ0v) is 16.7. The van der Waals surface area contributed by atoms with Crippen LogP contribution in [0.4, 0.5) is 0 Å². The molecule has 0 aliphatic heterocycles. The Hall–Kier alpha value is -1.77. The van der Waals surface area contributed by atoms with Gasteiger partial charge < -0.3 is 10.5 Å². The maximum Gasteiger partial charge on any atom is 0.241 e. The average molecular weight is 397 g/mol. The first-order valence-electron chi connectivity index (χ1n) is 8.25. The molecule has 0 saturated heterocycles. The quantitative estimate of drug-likeness (QED) is 0.679. The van der Waals surface area contributed by atoms with E-state index >= 15 is 0 Å². The summed E-state index contributed by atoms with van der Waals surface area (Å²) in [4.78, 5) is 11.7. The molecule has 0 saturated carbocycles. The van der Waals surface area contributed by atoms with Crippen LogP contribution in [0.25, 0.3) is 10.8 Å². The zero-order valence-electron chi connectivity index (χ0n) is 15.1. The Morgan fingerprint density at radius 1 is 1.19 bits per heavy atom. The predicted octanol–water partition coefficient (Wildman–Crippen LogP) is 2.51. The second-order valence-electron chi connectivity index (χ2n) is 6.13. The van der Waals surface area contributed by atoms with Gasteiger partial charge in [0.25, 0.3) is 0 Å². The molecule has 0 fully saturated rings. The molecule has 0 aliphatic carbocycles. The number of fused-ring (bicyclic) bond motifs is 1. The van der Waals surface area contributed by atoms with E-state index in [0.717, 1.165) is 0 Å². The Kier molecular flexibility index (Phi) is 6.91.